The van der Waals surface area contributed by atoms with E-state index in [2.05, 4.69) is 20.9 Å². The van der Waals surface area contributed by atoms with Gasteiger partial charge in [-0.1, -0.05) is 24.3 Å². The SMILES string of the molecule is COc1ccc2cn(C[C@@]3(c4ccc(-c5cc(C(=O)NC6CC6)cc(C)n5)cc4)NC(=O)NC3=O)c(O)c2c1. The Hall–Kier alpha value is -4.86. The van der Waals surface area contributed by atoms with Gasteiger partial charge in [0.05, 0.1) is 19.3 Å². The van der Waals surface area contributed by atoms with E-state index in [-0.39, 0.29) is 24.4 Å². The quantitative estimate of drug-likeness (QED) is 0.274. The molecule has 1 aliphatic carbocycles. The number of carbonyl (C=O) groups excluding carboxylic acids is 3. The first-order chi connectivity index (χ1) is 18.8. The molecule has 0 radical (unpaired) electrons. The van der Waals surface area contributed by atoms with Gasteiger partial charge in [-0.15, -0.1) is 0 Å². The van der Waals surface area contributed by atoms with E-state index in [1.54, 1.807) is 61.8 Å². The van der Waals surface area contributed by atoms with Gasteiger partial charge in [-0.05, 0) is 55.7 Å². The first-order valence-corrected chi connectivity index (χ1v) is 12.7. The normalized spacial score (nSPS) is 18.6. The number of amides is 4. The molecule has 10 heteroatoms. The van der Waals surface area contributed by atoms with E-state index in [1.165, 1.54) is 4.57 Å². The molecular weight excluding hydrogens is 498 g/mol. The summed E-state index contributed by atoms with van der Waals surface area (Å²) in [6, 6.07) is 15.5. The number of aryl methyl sites for hydroxylation is 1. The van der Waals surface area contributed by atoms with Crippen LogP contribution in [0.1, 0.15) is 34.5 Å². The average molecular weight is 526 g/mol. The minimum Gasteiger partial charge on any atom is -0.497 e. The highest BCUT2D eigenvalue weighted by molar-refractivity contribution is 6.07. The Morgan fingerprint density at radius 3 is 2.59 bits per heavy atom. The Morgan fingerprint density at radius 1 is 1.15 bits per heavy atom. The second-order valence-electron chi connectivity index (χ2n) is 10.1. The van der Waals surface area contributed by atoms with Crippen molar-refractivity contribution in [2.45, 2.75) is 37.9 Å². The fraction of sp³-hybridized carbons (Fsp3) is 0.241. The molecule has 0 bridgehead atoms. The van der Waals surface area contributed by atoms with Gasteiger partial charge in [0.2, 0.25) is 0 Å². The monoisotopic (exact) mass is 525 g/mol. The standard InChI is InChI=1S/C29H27N5O5/c1-16-11-19(25(35)31-21-8-9-21)12-24(30-16)17-3-6-20(7-4-17)29(27(37)32-28(38)33-29)15-34-14-18-5-10-22(39-2)13-23(18)26(34)36/h3-7,10-14,21,36H,8-9,15H2,1-2H3,(H,31,35)(H2,32,33,37,38)/t29-/m0/s1. The zero-order chi connectivity index (χ0) is 27.3. The molecule has 1 atom stereocenters. The first-order valence-electron chi connectivity index (χ1n) is 12.7. The number of nitrogens with one attached hydrogen (secondary N) is 3. The topological polar surface area (TPSA) is 135 Å². The van der Waals surface area contributed by atoms with E-state index in [0.717, 1.165) is 23.8 Å². The molecule has 1 saturated carbocycles. The van der Waals surface area contributed by atoms with E-state index in [0.29, 0.717) is 33.7 Å². The second kappa shape index (κ2) is 9.16. The van der Waals surface area contributed by atoms with Gasteiger partial charge in [0, 0.05) is 39.8 Å². The van der Waals surface area contributed by atoms with Crippen molar-refractivity contribution >= 4 is 28.6 Å². The summed E-state index contributed by atoms with van der Waals surface area (Å²) in [6.45, 7) is 1.79. The minimum atomic E-state index is -1.46. The summed E-state index contributed by atoms with van der Waals surface area (Å²) in [5.74, 6) is -0.107. The number of imide groups is 1. The van der Waals surface area contributed by atoms with Crippen LogP contribution in [-0.4, -0.2) is 45.7 Å². The fourth-order valence-corrected chi connectivity index (χ4v) is 5.00. The van der Waals surface area contributed by atoms with Crippen LogP contribution < -0.4 is 20.7 Å². The maximum atomic E-state index is 13.2. The molecule has 2 aromatic carbocycles. The molecule has 2 aliphatic rings. The molecule has 4 amide bonds. The van der Waals surface area contributed by atoms with Crippen LogP contribution in [0.5, 0.6) is 11.6 Å². The van der Waals surface area contributed by atoms with Crippen LogP contribution in [-0.2, 0) is 16.9 Å². The lowest BCUT2D eigenvalue weighted by molar-refractivity contribution is -0.124. The molecule has 198 valence electrons. The molecule has 0 unspecified atom stereocenters. The van der Waals surface area contributed by atoms with Gasteiger partial charge >= 0.3 is 6.03 Å². The van der Waals surface area contributed by atoms with Crippen molar-refractivity contribution in [3.05, 3.63) is 77.6 Å². The minimum absolute atomic E-state index is 0.0407. The molecule has 39 heavy (non-hydrogen) atoms. The van der Waals surface area contributed by atoms with Crippen molar-refractivity contribution in [3.63, 3.8) is 0 Å². The number of urea groups is 1. The van der Waals surface area contributed by atoms with Gasteiger partial charge < -0.3 is 25.0 Å². The van der Waals surface area contributed by atoms with Crippen LogP contribution >= 0.6 is 0 Å². The van der Waals surface area contributed by atoms with Gasteiger partial charge in [-0.2, -0.15) is 0 Å². The molecule has 4 aromatic rings. The summed E-state index contributed by atoms with van der Waals surface area (Å²) in [5, 5.41) is 20.4. The zero-order valence-corrected chi connectivity index (χ0v) is 21.4. The van der Waals surface area contributed by atoms with Gasteiger partial charge in [-0.25, -0.2) is 4.79 Å². The van der Waals surface area contributed by atoms with Crippen LogP contribution in [0.15, 0.2) is 60.8 Å². The van der Waals surface area contributed by atoms with Gasteiger partial charge in [0.15, 0.2) is 11.4 Å². The summed E-state index contributed by atoms with van der Waals surface area (Å²) < 4.78 is 6.80. The third-order valence-corrected chi connectivity index (χ3v) is 7.22. The van der Waals surface area contributed by atoms with Crippen molar-refractivity contribution in [2.75, 3.05) is 7.11 Å². The van der Waals surface area contributed by atoms with Gasteiger partial charge in [0.25, 0.3) is 11.8 Å². The number of nitrogens with zero attached hydrogens (tertiary/aromatic N) is 2. The Bertz CT molecular complexity index is 1640. The van der Waals surface area contributed by atoms with E-state index in [4.69, 9.17) is 4.74 Å². The molecule has 3 heterocycles. The molecule has 6 rings (SSSR count). The predicted octanol–water partition coefficient (Wildman–Crippen LogP) is 3.35. The number of hydrogen-bond donors (Lipinski definition) is 4. The fourth-order valence-electron chi connectivity index (χ4n) is 5.00. The number of fused-ring (bicyclic) bond motifs is 1. The van der Waals surface area contributed by atoms with Crippen molar-refractivity contribution in [1.82, 2.24) is 25.5 Å². The van der Waals surface area contributed by atoms with Crippen molar-refractivity contribution in [2.24, 2.45) is 0 Å². The summed E-state index contributed by atoms with van der Waals surface area (Å²) in [7, 11) is 1.54. The molecule has 10 nitrogen and oxygen atoms in total. The van der Waals surface area contributed by atoms with Crippen molar-refractivity contribution < 1.29 is 24.2 Å². The molecule has 2 fully saturated rings. The lowest BCUT2D eigenvalue weighted by Gasteiger charge is -2.27. The average Bonchev–Trinajstić information content (AvgIpc) is 3.63. The second-order valence-corrected chi connectivity index (χ2v) is 10.1. The highest BCUT2D eigenvalue weighted by Crippen LogP contribution is 2.35. The van der Waals surface area contributed by atoms with E-state index < -0.39 is 17.5 Å². The Balaban J connectivity index is 1.35. The highest BCUT2D eigenvalue weighted by Gasteiger charge is 2.48. The number of carbonyl (C=O) groups is 3. The summed E-state index contributed by atoms with van der Waals surface area (Å²) in [5.41, 5.74) is 1.71. The number of hydrogen-bond acceptors (Lipinski definition) is 6. The van der Waals surface area contributed by atoms with Crippen LogP contribution in [0, 0.1) is 6.92 Å². The van der Waals surface area contributed by atoms with E-state index in [1.807, 2.05) is 13.0 Å². The molecule has 0 spiro atoms. The number of aromatic nitrogens is 2. The maximum absolute atomic E-state index is 13.2. The molecule has 4 N–H and O–H groups in total. The molecule has 1 aliphatic heterocycles. The van der Waals surface area contributed by atoms with Crippen LogP contribution in [0.25, 0.3) is 22.0 Å². The van der Waals surface area contributed by atoms with Crippen LogP contribution in [0.3, 0.4) is 0 Å². The highest BCUT2D eigenvalue weighted by atomic mass is 16.5. The lowest BCUT2D eigenvalue weighted by atomic mass is 9.88. The number of rotatable bonds is 7. The predicted molar refractivity (Wildman–Crippen MR) is 143 cm³/mol. The van der Waals surface area contributed by atoms with Crippen LogP contribution in [0.4, 0.5) is 4.79 Å². The molecule has 1 saturated heterocycles. The Labute approximate surface area is 224 Å². The lowest BCUT2D eigenvalue weighted by Crippen LogP contribution is -2.47. The molecule has 2 aromatic heterocycles. The summed E-state index contributed by atoms with van der Waals surface area (Å²) in [4.78, 5) is 42.7. The van der Waals surface area contributed by atoms with Crippen molar-refractivity contribution in [3.8, 4) is 22.9 Å². The maximum Gasteiger partial charge on any atom is 0.322 e. The number of pyridine rings is 1. The summed E-state index contributed by atoms with van der Waals surface area (Å²) >= 11 is 0. The number of methoxy groups -OCH3 is 1. The van der Waals surface area contributed by atoms with Crippen LogP contribution in [0.2, 0.25) is 0 Å². The number of benzene rings is 2. The largest absolute Gasteiger partial charge is 0.497 e. The number of ether oxygens (including phenoxy) is 1. The van der Waals surface area contributed by atoms with E-state index in [9.17, 15) is 19.5 Å². The Kier molecular flexibility index (Phi) is 5.75. The number of aromatic hydroxyl groups is 1. The third kappa shape index (κ3) is 4.43. The smallest absolute Gasteiger partial charge is 0.322 e. The van der Waals surface area contributed by atoms with Crippen molar-refractivity contribution in [1.29, 1.82) is 0 Å². The molecular formula is C29H27N5O5. The van der Waals surface area contributed by atoms with Gasteiger partial charge in [0.1, 0.15) is 5.75 Å². The third-order valence-electron chi connectivity index (χ3n) is 7.22. The summed E-state index contributed by atoms with van der Waals surface area (Å²) in [6.07, 6.45) is 3.73. The first kappa shape index (κ1) is 24.5. The zero-order valence-electron chi connectivity index (χ0n) is 21.4. The van der Waals surface area contributed by atoms with E-state index >= 15 is 0 Å². The van der Waals surface area contributed by atoms with Gasteiger partial charge in [-0.3, -0.25) is 19.9 Å². The Morgan fingerprint density at radius 2 is 1.92 bits per heavy atom.